The molecule has 0 aromatic heterocycles. The van der Waals surface area contributed by atoms with Gasteiger partial charge >= 0.3 is 7.82 Å². The molecule has 0 bridgehead atoms. The molecule has 0 aliphatic heterocycles. The van der Waals surface area contributed by atoms with Crippen molar-refractivity contribution >= 4 is 7.82 Å². The summed E-state index contributed by atoms with van der Waals surface area (Å²) in [5, 5.41) is 0. The van der Waals surface area contributed by atoms with Crippen molar-refractivity contribution in [3.63, 3.8) is 0 Å². The van der Waals surface area contributed by atoms with Crippen LogP contribution in [0.1, 0.15) is 12.5 Å². The summed E-state index contributed by atoms with van der Waals surface area (Å²) in [5.74, 6) is 0.367. The Morgan fingerprint density at radius 1 is 1.43 bits per heavy atom. The van der Waals surface area contributed by atoms with Gasteiger partial charge in [-0.1, -0.05) is 18.2 Å². The maximum Gasteiger partial charge on any atom is 0.527 e. The summed E-state index contributed by atoms with van der Waals surface area (Å²) in [7, 11) is -3.94. The molecule has 1 aromatic carbocycles. The van der Waals surface area contributed by atoms with Gasteiger partial charge in [0, 0.05) is 0 Å². The second-order valence-corrected chi connectivity index (χ2v) is 4.12. The summed E-state index contributed by atoms with van der Waals surface area (Å²) in [6.45, 7) is 3.56. The van der Waals surface area contributed by atoms with Gasteiger partial charge in [0.15, 0.2) is 0 Å². The largest absolute Gasteiger partial charge is 0.527 e. The average Bonchev–Trinajstić information content (AvgIpc) is 2.08. The minimum atomic E-state index is -3.94. The van der Waals surface area contributed by atoms with Crippen LogP contribution in [-0.2, 0) is 9.09 Å². The fourth-order valence-electron chi connectivity index (χ4n) is 0.973. The monoisotopic (exact) mass is 216 g/mol. The van der Waals surface area contributed by atoms with Crippen LogP contribution in [-0.4, -0.2) is 11.5 Å². The lowest BCUT2D eigenvalue weighted by Crippen LogP contribution is -1.97. The molecule has 5 heteroatoms. The zero-order valence-corrected chi connectivity index (χ0v) is 9.03. The minimum absolute atomic E-state index is 0.139. The highest BCUT2D eigenvalue weighted by atomic mass is 31.2. The van der Waals surface area contributed by atoms with E-state index in [0.29, 0.717) is 5.75 Å². The molecule has 0 aliphatic carbocycles. The van der Waals surface area contributed by atoms with E-state index >= 15 is 0 Å². The Morgan fingerprint density at radius 2 is 2.07 bits per heavy atom. The van der Waals surface area contributed by atoms with E-state index in [1.807, 2.05) is 6.07 Å². The molecule has 0 radical (unpaired) electrons. The first kappa shape index (κ1) is 11.2. The van der Waals surface area contributed by atoms with Gasteiger partial charge in [-0.2, -0.15) is 0 Å². The third kappa shape index (κ3) is 3.14. The van der Waals surface area contributed by atoms with E-state index in [1.54, 1.807) is 32.0 Å². The summed E-state index contributed by atoms with van der Waals surface area (Å²) in [4.78, 5) is 9.20. The van der Waals surface area contributed by atoms with E-state index < -0.39 is 7.82 Å². The van der Waals surface area contributed by atoms with Crippen LogP contribution in [0, 0.1) is 6.92 Å². The first-order valence-corrected chi connectivity index (χ1v) is 5.77. The van der Waals surface area contributed by atoms with Gasteiger partial charge in [-0.05, 0) is 25.5 Å². The molecule has 1 unspecified atom stereocenters. The molecule has 0 saturated carbocycles. The van der Waals surface area contributed by atoms with E-state index in [2.05, 4.69) is 4.52 Å². The number of phosphoric acid groups is 1. The van der Waals surface area contributed by atoms with Crippen LogP contribution in [0.5, 0.6) is 5.75 Å². The van der Waals surface area contributed by atoms with Crippen molar-refractivity contribution in [1.82, 2.24) is 0 Å². The molecular weight excluding hydrogens is 203 g/mol. The highest BCUT2D eigenvalue weighted by molar-refractivity contribution is 7.47. The van der Waals surface area contributed by atoms with Crippen LogP contribution in [0.2, 0.25) is 0 Å². The summed E-state index contributed by atoms with van der Waals surface area (Å²) in [6.07, 6.45) is 0. The predicted molar refractivity (Wildman–Crippen MR) is 53.3 cm³/mol. The smallest absolute Gasteiger partial charge is 0.404 e. The molecule has 0 heterocycles. The Hall–Kier alpha value is -0.830. The van der Waals surface area contributed by atoms with E-state index in [4.69, 9.17) is 4.52 Å². The standard InChI is InChI=1S/C9H13O4P/c1-3-12-14(10,11)13-9-7-5-4-6-8(9)2/h4-7H,3H2,1-2H3,(H,10,11). The van der Waals surface area contributed by atoms with Crippen LogP contribution in [0.3, 0.4) is 0 Å². The first-order valence-electron chi connectivity index (χ1n) is 4.27. The number of phosphoric ester groups is 1. The zero-order valence-electron chi connectivity index (χ0n) is 8.14. The average molecular weight is 216 g/mol. The number of hydrogen-bond donors (Lipinski definition) is 1. The van der Waals surface area contributed by atoms with Crippen LogP contribution >= 0.6 is 7.82 Å². The third-order valence-corrected chi connectivity index (χ3v) is 2.61. The summed E-state index contributed by atoms with van der Waals surface area (Å²) >= 11 is 0. The highest BCUT2D eigenvalue weighted by Crippen LogP contribution is 2.44. The predicted octanol–water partition coefficient (Wildman–Crippen LogP) is 2.51. The molecule has 0 fully saturated rings. The first-order chi connectivity index (χ1) is 6.55. The number of hydrogen-bond acceptors (Lipinski definition) is 3. The van der Waals surface area contributed by atoms with Crippen molar-refractivity contribution < 1.29 is 18.5 Å². The van der Waals surface area contributed by atoms with Gasteiger partial charge in [0.1, 0.15) is 5.75 Å². The molecule has 0 spiro atoms. The molecule has 4 nitrogen and oxygen atoms in total. The molecule has 0 saturated heterocycles. The summed E-state index contributed by atoms with van der Waals surface area (Å²) < 4.78 is 20.7. The lowest BCUT2D eigenvalue weighted by Gasteiger charge is -2.13. The molecule has 0 aliphatic rings. The fraction of sp³-hybridized carbons (Fsp3) is 0.333. The van der Waals surface area contributed by atoms with Gasteiger partial charge in [-0.15, -0.1) is 0 Å². The molecule has 1 N–H and O–H groups in total. The Bertz CT molecular complexity index is 350. The van der Waals surface area contributed by atoms with Crippen molar-refractivity contribution in [2.24, 2.45) is 0 Å². The maximum atomic E-state index is 11.2. The number of rotatable bonds is 4. The Balaban J connectivity index is 2.78. The normalized spacial score (nSPS) is 14.8. The molecule has 78 valence electrons. The van der Waals surface area contributed by atoms with Crippen molar-refractivity contribution in [2.75, 3.05) is 6.61 Å². The number of benzene rings is 1. The van der Waals surface area contributed by atoms with Gasteiger partial charge in [0.2, 0.25) is 0 Å². The van der Waals surface area contributed by atoms with Crippen LogP contribution in [0.15, 0.2) is 24.3 Å². The van der Waals surface area contributed by atoms with Crippen molar-refractivity contribution in [2.45, 2.75) is 13.8 Å². The van der Waals surface area contributed by atoms with E-state index in [-0.39, 0.29) is 6.61 Å². The van der Waals surface area contributed by atoms with Gasteiger partial charge in [0.25, 0.3) is 0 Å². The second kappa shape index (κ2) is 4.60. The van der Waals surface area contributed by atoms with Gasteiger partial charge in [-0.25, -0.2) is 4.57 Å². The maximum absolute atomic E-state index is 11.2. The molecule has 1 atom stereocenters. The van der Waals surface area contributed by atoms with Crippen LogP contribution in [0.4, 0.5) is 0 Å². The molecular formula is C9H13O4P. The second-order valence-electron chi connectivity index (χ2n) is 2.74. The summed E-state index contributed by atoms with van der Waals surface area (Å²) in [6, 6.07) is 6.97. The number of aryl methyl sites for hydroxylation is 1. The fourth-order valence-corrected chi connectivity index (χ4v) is 1.81. The van der Waals surface area contributed by atoms with Gasteiger partial charge in [0.05, 0.1) is 6.61 Å². The zero-order chi connectivity index (χ0) is 10.6. The SMILES string of the molecule is CCOP(=O)(O)Oc1ccccc1C. The van der Waals surface area contributed by atoms with Crippen LogP contribution < -0.4 is 4.52 Å². The highest BCUT2D eigenvalue weighted by Gasteiger charge is 2.22. The summed E-state index contributed by atoms with van der Waals surface area (Å²) in [5.41, 5.74) is 0.793. The van der Waals surface area contributed by atoms with Crippen LogP contribution in [0.25, 0.3) is 0 Å². The van der Waals surface area contributed by atoms with E-state index in [1.165, 1.54) is 0 Å². The Kier molecular flexibility index (Phi) is 3.69. The molecule has 0 amide bonds. The van der Waals surface area contributed by atoms with Crippen molar-refractivity contribution in [3.8, 4) is 5.75 Å². The quantitative estimate of drug-likeness (QED) is 0.785. The molecule has 1 aromatic rings. The minimum Gasteiger partial charge on any atom is -0.404 e. The third-order valence-electron chi connectivity index (χ3n) is 1.60. The lowest BCUT2D eigenvalue weighted by atomic mass is 10.2. The van der Waals surface area contributed by atoms with Gasteiger partial charge < -0.3 is 4.52 Å². The van der Waals surface area contributed by atoms with Crippen molar-refractivity contribution in [3.05, 3.63) is 29.8 Å². The van der Waals surface area contributed by atoms with Crippen molar-refractivity contribution in [1.29, 1.82) is 0 Å². The van der Waals surface area contributed by atoms with E-state index in [9.17, 15) is 9.46 Å². The molecule has 14 heavy (non-hydrogen) atoms. The Labute approximate surface area is 83.1 Å². The van der Waals surface area contributed by atoms with E-state index in [0.717, 1.165) is 5.56 Å². The van der Waals surface area contributed by atoms with Gasteiger partial charge in [-0.3, -0.25) is 9.42 Å². The molecule has 1 rings (SSSR count). The lowest BCUT2D eigenvalue weighted by molar-refractivity contribution is 0.212. The number of para-hydroxylation sites is 1. The topological polar surface area (TPSA) is 55.8 Å². The Morgan fingerprint density at radius 3 is 2.64 bits per heavy atom.